The average molecular weight is 461 g/mol. The third kappa shape index (κ3) is 5.04. The molecule has 0 aliphatic carbocycles. The van der Waals surface area contributed by atoms with Gasteiger partial charge >= 0.3 is 0 Å². The van der Waals surface area contributed by atoms with Crippen molar-refractivity contribution in [2.75, 3.05) is 33.3 Å². The molecule has 1 fully saturated rings. The lowest BCUT2D eigenvalue weighted by molar-refractivity contribution is 0.143. The number of aromatic nitrogens is 2. The van der Waals surface area contributed by atoms with E-state index in [9.17, 15) is 8.42 Å². The van der Waals surface area contributed by atoms with Crippen molar-refractivity contribution in [2.45, 2.75) is 12.4 Å². The fraction of sp³-hybridized carbons (Fsp3) is 0.333. The standard InChI is InChI=1S/C21H24N4O4S2/c1-28-19-10-6-5-9-18(19)20-22-25(21(30)29-20)16-23-11-13-24(14-12-23)31(26,27)15-17-7-3-2-4-8-17/h2-10H,11-16H2,1H3. The lowest BCUT2D eigenvalue weighted by Crippen LogP contribution is -2.49. The molecule has 0 saturated carbocycles. The maximum atomic E-state index is 12.7. The zero-order valence-electron chi connectivity index (χ0n) is 17.2. The third-order valence-electron chi connectivity index (χ3n) is 5.19. The van der Waals surface area contributed by atoms with Crippen molar-refractivity contribution < 1.29 is 17.6 Å². The number of nitrogens with zero attached hydrogens (tertiary/aromatic N) is 4. The van der Waals surface area contributed by atoms with Crippen LogP contribution in [-0.4, -0.2) is 60.7 Å². The van der Waals surface area contributed by atoms with Crippen LogP contribution in [0.15, 0.2) is 59.0 Å². The van der Waals surface area contributed by atoms with E-state index in [0.29, 0.717) is 44.5 Å². The van der Waals surface area contributed by atoms with Gasteiger partial charge in [0.05, 0.1) is 25.1 Å². The molecular formula is C21H24N4O4S2. The molecule has 2 aromatic carbocycles. The molecule has 1 aliphatic rings. The number of rotatable bonds is 7. The minimum absolute atomic E-state index is 0.0183. The maximum absolute atomic E-state index is 12.7. The molecule has 4 rings (SSSR count). The van der Waals surface area contributed by atoms with Gasteiger partial charge in [-0.3, -0.25) is 4.90 Å². The van der Waals surface area contributed by atoms with Crippen LogP contribution in [0.25, 0.3) is 11.5 Å². The van der Waals surface area contributed by atoms with Gasteiger partial charge in [0, 0.05) is 26.2 Å². The number of hydrogen-bond donors (Lipinski definition) is 0. The summed E-state index contributed by atoms with van der Waals surface area (Å²) in [6.45, 7) is 2.47. The summed E-state index contributed by atoms with van der Waals surface area (Å²) in [5.74, 6) is 1.07. The lowest BCUT2D eigenvalue weighted by Gasteiger charge is -2.33. The summed E-state index contributed by atoms with van der Waals surface area (Å²) in [6, 6.07) is 16.7. The second-order valence-corrected chi connectivity index (χ2v) is 9.59. The molecule has 0 atom stereocenters. The van der Waals surface area contributed by atoms with Gasteiger partial charge in [-0.15, -0.1) is 5.10 Å². The minimum Gasteiger partial charge on any atom is -0.496 e. The first-order valence-electron chi connectivity index (χ1n) is 9.92. The third-order valence-corrected chi connectivity index (χ3v) is 7.34. The van der Waals surface area contributed by atoms with E-state index in [2.05, 4.69) is 10.00 Å². The summed E-state index contributed by atoms with van der Waals surface area (Å²) >= 11 is 5.34. The molecule has 0 bridgehead atoms. The van der Waals surface area contributed by atoms with Crippen LogP contribution in [-0.2, 0) is 22.4 Å². The summed E-state index contributed by atoms with van der Waals surface area (Å²) in [7, 11) is -1.76. The Morgan fingerprint density at radius 1 is 1.03 bits per heavy atom. The highest BCUT2D eigenvalue weighted by Crippen LogP contribution is 2.28. The fourth-order valence-corrected chi connectivity index (χ4v) is 5.23. The van der Waals surface area contributed by atoms with E-state index in [0.717, 1.165) is 11.1 Å². The largest absolute Gasteiger partial charge is 0.496 e. The number of methoxy groups -OCH3 is 1. The van der Waals surface area contributed by atoms with Crippen LogP contribution in [0.3, 0.4) is 0 Å². The van der Waals surface area contributed by atoms with Gasteiger partial charge in [0.25, 0.3) is 10.7 Å². The summed E-state index contributed by atoms with van der Waals surface area (Å²) in [5.41, 5.74) is 1.52. The van der Waals surface area contributed by atoms with E-state index in [4.69, 9.17) is 21.4 Å². The molecule has 2 heterocycles. The molecule has 0 amide bonds. The Labute approximate surface area is 186 Å². The smallest absolute Gasteiger partial charge is 0.288 e. The molecule has 164 valence electrons. The van der Waals surface area contributed by atoms with Gasteiger partial charge in [0.15, 0.2) is 0 Å². The van der Waals surface area contributed by atoms with E-state index < -0.39 is 10.0 Å². The molecule has 3 aromatic rings. The van der Waals surface area contributed by atoms with Gasteiger partial charge in [0.1, 0.15) is 5.75 Å². The van der Waals surface area contributed by atoms with Crippen LogP contribution in [0, 0.1) is 4.84 Å². The van der Waals surface area contributed by atoms with E-state index in [-0.39, 0.29) is 10.6 Å². The van der Waals surface area contributed by atoms with Gasteiger partial charge in [-0.1, -0.05) is 42.5 Å². The number of sulfonamides is 1. The first-order chi connectivity index (χ1) is 15.0. The number of piperazine rings is 1. The van der Waals surface area contributed by atoms with E-state index in [1.807, 2.05) is 54.6 Å². The topological polar surface area (TPSA) is 80.8 Å². The van der Waals surface area contributed by atoms with Crippen molar-refractivity contribution >= 4 is 22.2 Å². The van der Waals surface area contributed by atoms with E-state index >= 15 is 0 Å². The Balaban J connectivity index is 1.39. The minimum atomic E-state index is -3.35. The number of hydrogen-bond acceptors (Lipinski definition) is 7. The molecule has 0 N–H and O–H groups in total. The highest BCUT2D eigenvalue weighted by molar-refractivity contribution is 7.88. The monoisotopic (exact) mass is 460 g/mol. The van der Waals surface area contributed by atoms with Crippen LogP contribution in [0.5, 0.6) is 5.75 Å². The van der Waals surface area contributed by atoms with Crippen molar-refractivity contribution in [3.63, 3.8) is 0 Å². The molecule has 1 saturated heterocycles. The van der Waals surface area contributed by atoms with Crippen LogP contribution in [0.1, 0.15) is 5.56 Å². The molecule has 0 spiro atoms. The molecule has 10 heteroatoms. The summed E-state index contributed by atoms with van der Waals surface area (Å²) < 4.78 is 39.7. The molecule has 31 heavy (non-hydrogen) atoms. The summed E-state index contributed by atoms with van der Waals surface area (Å²) in [4.78, 5) is 2.37. The van der Waals surface area contributed by atoms with Gasteiger partial charge in [0.2, 0.25) is 10.0 Å². The Hall–Kier alpha value is -2.53. The predicted molar refractivity (Wildman–Crippen MR) is 120 cm³/mol. The van der Waals surface area contributed by atoms with Crippen molar-refractivity contribution in [1.29, 1.82) is 0 Å². The SMILES string of the molecule is COc1ccccc1-c1nn(CN2CCN(S(=O)(=O)Cc3ccccc3)CC2)c(=S)o1. The Morgan fingerprint density at radius 2 is 1.71 bits per heavy atom. The molecule has 0 radical (unpaired) electrons. The second kappa shape index (κ2) is 9.31. The van der Waals surface area contributed by atoms with Crippen LogP contribution in [0.4, 0.5) is 0 Å². The van der Waals surface area contributed by atoms with Gasteiger partial charge in [-0.2, -0.15) is 4.31 Å². The quantitative estimate of drug-likeness (QED) is 0.502. The van der Waals surface area contributed by atoms with Gasteiger partial charge in [-0.05, 0) is 29.9 Å². The van der Waals surface area contributed by atoms with Gasteiger partial charge < -0.3 is 9.15 Å². The number of para-hydroxylation sites is 1. The molecular weight excluding hydrogens is 436 g/mol. The van der Waals surface area contributed by atoms with Gasteiger partial charge in [-0.25, -0.2) is 13.1 Å². The number of benzene rings is 2. The number of ether oxygens (including phenoxy) is 1. The van der Waals surface area contributed by atoms with E-state index in [1.165, 1.54) is 0 Å². The highest BCUT2D eigenvalue weighted by atomic mass is 32.2. The van der Waals surface area contributed by atoms with Crippen LogP contribution in [0.2, 0.25) is 0 Å². The highest BCUT2D eigenvalue weighted by Gasteiger charge is 2.27. The summed E-state index contributed by atoms with van der Waals surface area (Å²) in [6.07, 6.45) is 0. The van der Waals surface area contributed by atoms with Crippen LogP contribution < -0.4 is 4.74 Å². The lowest BCUT2D eigenvalue weighted by atomic mass is 10.2. The second-order valence-electron chi connectivity index (χ2n) is 7.27. The van der Waals surface area contributed by atoms with Crippen molar-refractivity contribution in [1.82, 2.24) is 19.0 Å². The molecule has 0 unspecified atom stereocenters. The predicted octanol–water partition coefficient (Wildman–Crippen LogP) is 2.99. The maximum Gasteiger partial charge on any atom is 0.288 e. The fourth-order valence-electron chi connectivity index (χ4n) is 3.54. The van der Waals surface area contributed by atoms with Crippen molar-refractivity contribution in [3.8, 4) is 17.2 Å². The molecule has 8 nitrogen and oxygen atoms in total. The Morgan fingerprint density at radius 3 is 2.42 bits per heavy atom. The first-order valence-corrected chi connectivity index (χ1v) is 11.9. The first kappa shape index (κ1) is 21.7. The Kier molecular flexibility index (Phi) is 6.51. The molecule has 1 aliphatic heterocycles. The average Bonchev–Trinajstić information content (AvgIpc) is 3.14. The normalized spacial score (nSPS) is 15.8. The summed E-state index contributed by atoms with van der Waals surface area (Å²) in [5, 5.41) is 4.50. The van der Waals surface area contributed by atoms with Crippen molar-refractivity contribution in [3.05, 3.63) is 65.0 Å². The molecule has 1 aromatic heterocycles. The zero-order valence-corrected chi connectivity index (χ0v) is 18.8. The Bertz CT molecular complexity index is 1180. The van der Waals surface area contributed by atoms with E-state index in [1.54, 1.807) is 16.1 Å². The zero-order chi connectivity index (χ0) is 21.8. The van der Waals surface area contributed by atoms with Crippen molar-refractivity contribution in [2.24, 2.45) is 0 Å². The van der Waals surface area contributed by atoms with Crippen LogP contribution >= 0.6 is 12.2 Å².